The second kappa shape index (κ2) is 6.04. The van der Waals surface area contributed by atoms with Gasteiger partial charge in [-0.1, -0.05) is 26.3 Å². The Morgan fingerprint density at radius 3 is 2.85 bits per heavy atom. The monoisotopic (exact) mass is 277 g/mol. The highest BCUT2D eigenvalue weighted by atomic mass is 16.5. The summed E-state index contributed by atoms with van der Waals surface area (Å²) in [5.41, 5.74) is 1.08. The van der Waals surface area contributed by atoms with Crippen LogP contribution < -0.4 is 14.8 Å². The van der Waals surface area contributed by atoms with Gasteiger partial charge < -0.3 is 14.8 Å². The van der Waals surface area contributed by atoms with Gasteiger partial charge in [0.2, 0.25) is 0 Å². The molecule has 1 N–H and O–H groups in total. The van der Waals surface area contributed by atoms with Crippen molar-refractivity contribution < 1.29 is 9.47 Å². The fourth-order valence-corrected chi connectivity index (χ4v) is 2.54. The van der Waals surface area contributed by atoms with Crippen LogP contribution in [0.15, 0.2) is 18.2 Å². The number of rotatable bonds is 5. The normalized spacial score (nSPS) is 21.8. The Morgan fingerprint density at radius 1 is 1.45 bits per heavy atom. The van der Waals surface area contributed by atoms with E-state index in [2.05, 4.69) is 39.1 Å². The van der Waals surface area contributed by atoms with Crippen LogP contribution in [0.2, 0.25) is 0 Å². The molecule has 20 heavy (non-hydrogen) atoms. The standard InChI is InChI=1S/C17H27NO2/c1-6-12(2)11-19-13-7-8-14-15(18-5)10-17(3,4)20-16(14)9-13/h7-9,12,15,18H,6,10-11H2,1-5H3. The average Bonchev–Trinajstić information content (AvgIpc) is 2.42. The summed E-state index contributed by atoms with van der Waals surface area (Å²) in [6.07, 6.45) is 2.11. The van der Waals surface area contributed by atoms with Gasteiger partial charge in [0.1, 0.15) is 17.1 Å². The maximum absolute atomic E-state index is 6.11. The van der Waals surface area contributed by atoms with Crippen molar-refractivity contribution in [1.82, 2.24) is 5.32 Å². The summed E-state index contributed by atoms with van der Waals surface area (Å²) in [6.45, 7) is 9.41. The molecule has 1 aromatic rings. The van der Waals surface area contributed by atoms with E-state index in [-0.39, 0.29) is 5.60 Å². The molecule has 112 valence electrons. The maximum atomic E-state index is 6.11. The molecule has 2 rings (SSSR count). The molecule has 1 heterocycles. The van der Waals surface area contributed by atoms with E-state index in [1.54, 1.807) is 0 Å². The Kier molecular flexibility index (Phi) is 4.59. The molecule has 0 radical (unpaired) electrons. The molecule has 0 saturated carbocycles. The molecule has 1 aliphatic heterocycles. The van der Waals surface area contributed by atoms with Crippen LogP contribution in [-0.2, 0) is 0 Å². The van der Waals surface area contributed by atoms with Crippen LogP contribution >= 0.6 is 0 Å². The molecule has 1 aromatic carbocycles. The second-order valence-corrected chi connectivity index (χ2v) is 6.43. The molecule has 3 heteroatoms. The minimum absolute atomic E-state index is 0.143. The van der Waals surface area contributed by atoms with Crippen molar-refractivity contribution in [2.24, 2.45) is 5.92 Å². The van der Waals surface area contributed by atoms with Crippen LogP contribution in [0.25, 0.3) is 0 Å². The van der Waals surface area contributed by atoms with E-state index in [0.717, 1.165) is 30.9 Å². The topological polar surface area (TPSA) is 30.5 Å². The Hall–Kier alpha value is -1.22. The van der Waals surface area contributed by atoms with Crippen molar-refractivity contribution in [2.45, 2.75) is 52.2 Å². The summed E-state index contributed by atoms with van der Waals surface area (Å²) in [5, 5.41) is 3.37. The minimum Gasteiger partial charge on any atom is -0.493 e. The van der Waals surface area contributed by atoms with Crippen molar-refractivity contribution in [3.05, 3.63) is 23.8 Å². The molecular weight excluding hydrogens is 250 g/mol. The lowest BCUT2D eigenvalue weighted by Crippen LogP contribution is -2.38. The highest BCUT2D eigenvalue weighted by Crippen LogP contribution is 2.41. The lowest BCUT2D eigenvalue weighted by molar-refractivity contribution is 0.0670. The van der Waals surface area contributed by atoms with Gasteiger partial charge in [-0.3, -0.25) is 0 Å². The quantitative estimate of drug-likeness (QED) is 0.884. The van der Waals surface area contributed by atoms with Gasteiger partial charge in [-0.05, 0) is 32.9 Å². The van der Waals surface area contributed by atoms with Crippen molar-refractivity contribution in [3.63, 3.8) is 0 Å². The third-order valence-electron chi connectivity index (χ3n) is 4.02. The Morgan fingerprint density at radius 2 is 2.20 bits per heavy atom. The van der Waals surface area contributed by atoms with Crippen molar-refractivity contribution in [2.75, 3.05) is 13.7 Å². The Labute approximate surface area is 122 Å². The molecule has 0 aliphatic carbocycles. The number of ether oxygens (including phenoxy) is 2. The van der Waals surface area contributed by atoms with Crippen molar-refractivity contribution in [3.8, 4) is 11.5 Å². The zero-order valence-electron chi connectivity index (χ0n) is 13.3. The van der Waals surface area contributed by atoms with Gasteiger partial charge in [0.05, 0.1) is 6.61 Å². The van der Waals surface area contributed by atoms with Gasteiger partial charge in [0.15, 0.2) is 0 Å². The molecule has 2 unspecified atom stereocenters. The maximum Gasteiger partial charge on any atom is 0.128 e. The first-order chi connectivity index (χ1) is 9.45. The molecule has 0 bridgehead atoms. The van der Waals surface area contributed by atoms with Crippen LogP contribution in [0.4, 0.5) is 0 Å². The first-order valence-electron chi connectivity index (χ1n) is 7.58. The largest absolute Gasteiger partial charge is 0.493 e. The van der Waals surface area contributed by atoms with Gasteiger partial charge in [-0.25, -0.2) is 0 Å². The fraction of sp³-hybridized carbons (Fsp3) is 0.647. The Balaban J connectivity index is 2.17. The van der Waals surface area contributed by atoms with Crippen LogP contribution in [0, 0.1) is 5.92 Å². The zero-order chi connectivity index (χ0) is 14.8. The minimum atomic E-state index is -0.143. The van der Waals surface area contributed by atoms with E-state index in [0.29, 0.717) is 12.0 Å². The van der Waals surface area contributed by atoms with Crippen LogP contribution in [-0.4, -0.2) is 19.3 Å². The van der Waals surface area contributed by atoms with Crippen molar-refractivity contribution in [1.29, 1.82) is 0 Å². The van der Waals surface area contributed by atoms with Gasteiger partial charge in [-0.15, -0.1) is 0 Å². The second-order valence-electron chi connectivity index (χ2n) is 6.43. The first-order valence-corrected chi connectivity index (χ1v) is 7.58. The smallest absolute Gasteiger partial charge is 0.128 e. The van der Waals surface area contributed by atoms with E-state index < -0.39 is 0 Å². The van der Waals surface area contributed by atoms with Gasteiger partial charge in [-0.2, -0.15) is 0 Å². The highest BCUT2D eigenvalue weighted by Gasteiger charge is 2.33. The van der Waals surface area contributed by atoms with Crippen molar-refractivity contribution >= 4 is 0 Å². The van der Waals surface area contributed by atoms with Gasteiger partial charge in [0.25, 0.3) is 0 Å². The highest BCUT2D eigenvalue weighted by molar-refractivity contribution is 5.44. The summed E-state index contributed by atoms with van der Waals surface area (Å²) >= 11 is 0. The number of hydrogen-bond acceptors (Lipinski definition) is 3. The molecule has 3 nitrogen and oxygen atoms in total. The van der Waals surface area contributed by atoms with E-state index in [1.807, 2.05) is 19.2 Å². The van der Waals surface area contributed by atoms with Crippen LogP contribution in [0.1, 0.15) is 52.1 Å². The third kappa shape index (κ3) is 3.45. The summed E-state index contributed by atoms with van der Waals surface area (Å²) in [4.78, 5) is 0. The predicted octanol–water partition coefficient (Wildman–Crippen LogP) is 3.93. The molecule has 0 saturated heterocycles. The molecule has 0 spiro atoms. The van der Waals surface area contributed by atoms with Gasteiger partial charge in [0, 0.05) is 24.1 Å². The molecule has 0 aromatic heterocycles. The van der Waals surface area contributed by atoms with E-state index in [1.165, 1.54) is 5.56 Å². The molecule has 0 fully saturated rings. The fourth-order valence-electron chi connectivity index (χ4n) is 2.54. The average molecular weight is 277 g/mol. The number of fused-ring (bicyclic) bond motifs is 1. The lowest BCUT2D eigenvalue weighted by Gasteiger charge is -2.37. The summed E-state index contributed by atoms with van der Waals surface area (Å²) in [7, 11) is 2.00. The first kappa shape index (κ1) is 15.2. The Bertz CT molecular complexity index is 456. The molecule has 2 atom stereocenters. The number of benzene rings is 1. The predicted molar refractivity (Wildman–Crippen MR) is 82.5 cm³/mol. The number of hydrogen-bond donors (Lipinski definition) is 1. The zero-order valence-corrected chi connectivity index (χ0v) is 13.3. The van der Waals surface area contributed by atoms with E-state index >= 15 is 0 Å². The van der Waals surface area contributed by atoms with Crippen LogP contribution in [0.3, 0.4) is 0 Å². The summed E-state index contributed by atoms with van der Waals surface area (Å²) in [5.74, 6) is 2.42. The molecule has 0 amide bonds. The lowest BCUT2D eigenvalue weighted by atomic mass is 9.90. The molecular formula is C17H27NO2. The molecule has 1 aliphatic rings. The SMILES string of the molecule is CCC(C)COc1ccc2c(c1)OC(C)(C)CC2NC. The van der Waals surface area contributed by atoms with Gasteiger partial charge >= 0.3 is 0 Å². The van der Waals surface area contributed by atoms with E-state index in [9.17, 15) is 0 Å². The number of nitrogens with one attached hydrogen (secondary N) is 1. The third-order valence-corrected chi connectivity index (χ3v) is 4.02. The van der Waals surface area contributed by atoms with E-state index in [4.69, 9.17) is 9.47 Å². The summed E-state index contributed by atoms with van der Waals surface area (Å²) in [6, 6.07) is 6.55. The summed E-state index contributed by atoms with van der Waals surface area (Å²) < 4.78 is 12.0. The van der Waals surface area contributed by atoms with Crippen LogP contribution in [0.5, 0.6) is 11.5 Å².